The predicted octanol–water partition coefficient (Wildman–Crippen LogP) is 0.773. The Morgan fingerprint density at radius 3 is 2.37 bits per heavy atom. The summed E-state index contributed by atoms with van der Waals surface area (Å²) in [4.78, 5) is 0. The molecule has 0 spiro atoms. The second-order valence-corrected chi connectivity index (χ2v) is 16.7. The van der Waals surface area contributed by atoms with Gasteiger partial charge in [-0.25, -0.2) is 0 Å². The van der Waals surface area contributed by atoms with Crippen LogP contribution in [-0.2, 0) is 39.6 Å². The predicted molar refractivity (Wildman–Crippen MR) is 140 cm³/mol. The number of hydrogen-bond acceptors (Lipinski definition) is 1. The van der Waals surface area contributed by atoms with Gasteiger partial charge in [0.05, 0.1) is 0 Å². The van der Waals surface area contributed by atoms with Gasteiger partial charge >= 0.3 is 214 Å². The summed E-state index contributed by atoms with van der Waals surface area (Å²) in [6.07, 6.45) is 1.99. The zero-order valence-electron chi connectivity index (χ0n) is 18.9. The van der Waals surface area contributed by atoms with E-state index in [1.165, 1.54) is 62.1 Å². The third-order valence-electron chi connectivity index (χ3n) is 7.36. The summed E-state index contributed by atoms with van der Waals surface area (Å²) in [5.41, 5.74) is 12.7. The third kappa shape index (κ3) is 3.71. The summed E-state index contributed by atoms with van der Waals surface area (Å²) in [5, 5.41) is 1.36. The van der Waals surface area contributed by atoms with Crippen molar-refractivity contribution >= 4 is 42.2 Å². The number of halogens is 3. The monoisotopic (exact) mass is 653 g/mol. The van der Waals surface area contributed by atoms with Crippen molar-refractivity contribution in [3.05, 3.63) is 106 Å². The Morgan fingerprint density at radius 2 is 1.51 bits per heavy atom. The standard InChI is InChI=1S/C16H11BrN.C13H9.2ClH.S.Zr/c1-18-14-5-3-2-4-13(14)16-12-7-6-11(17)8-10(12)9-15(16)18;1-3-7-12-10(5-1)9-11-6-2-4-8-13(11)12;;;;/h2-6,8H,9H2,1H3;1-5,7-8H,9H2;2*1H;;/q;;;;;+2/p-2. The van der Waals surface area contributed by atoms with Gasteiger partial charge in [0.15, 0.2) is 0 Å². The first-order valence-corrected chi connectivity index (χ1v) is 17.9. The summed E-state index contributed by atoms with van der Waals surface area (Å²) in [7, 11) is 8.76. The van der Waals surface area contributed by atoms with E-state index < -0.39 is 19.7 Å². The second-order valence-electron chi connectivity index (χ2n) is 9.06. The van der Waals surface area contributed by atoms with Gasteiger partial charge in [-0.2, -0.15) is 0 Å². The molecule has 35 heavy (non-hydrogen) atoms. The maximum absolute atomic E-state index is 6.55. The van der Waals surface area contributed by atoms with Crippen molar-refractivity contribution in [3.8, 4) is 22.3 Å². The molecule has 6 heteroatoms. The first kappa shape index (κ1) is 25.2. The number of para-hydroxylation sites is 1. The topological polar surface area (TPSA) is 4.93 Å². The fourth-order valence-corrected chi connectivity index (χ4v) is 13.5. The van der Waals surface area contributed by atoms with Gasteiger partial charge in [-0.05, 0) is 0 Å². The third-order valence-corrected chi connectivity index (χ3v) is 14.9. The molecule has 0 radical (unpaired) electrons. The van der Waals surface area contributed by atoms with Crippen LogP contribution in [0.4, 0.5) is 0 Å². The molecule has 0 saturated carbocycles. The average molecular weight is 657 g/mol. The van der Waals surface area contributed by atoms with Crippen LogP contribution in [0.25, 0.3) is 33.2 Å². The molecule has 0 bridgehead atoms. The van der Waals surface area contributed by atoms with Crippen LogP contribution in [0.1, 0.15) is 22.4 Å². The van der Waals surface area contributed by atoms with Crippen molar-refractivity contribution < 1.29 is 44.5 Å². The van der Waals surface area contributed by atoms with Gasteiger partial charge < -0.3 is 24.8 Å². The van der Waals surface area contributed by atoms with Crippen molar-refractivity contribution in [2.75, 3.05) is 0 Å². The fraction of sp³-hybridized carbons (Fsp3) is 0.103. The number of aromatic nitrogens is 1. The molecule has 172 valence electrons. The van der Waals surface area contributed by atoms with Gasteiger partial charge in [0.2, 0.25) is 0 Å². The molecule has 0 unspecified atom stereocenters. The number of aryl methyl sites for hydroxylation is 1. The number of rotatable bonds is 2. The van der Waals surface area contributed by atoms with E-state index in [9.17, 15) is 0 Å². The molecule has 7 rings (SSSR count). The minimum atomic E-state index is -2.58. The molecule has 1 heterocycles. The molecule has 1 aromatic heterocycles. The Balaban J connectivity index is 0.00000127. The van der Waals surface area contributed by atoms with Crippen LogP contribution in [0.2, 0.25) is 0 Å². The Morgan fingerprint density at radius 1 is 0.771 bits per heavy atom. The Hall–Kier alpha value is -1.42. The second kappa shape index (κ2) is 9.47. The number of hydrogen-bond donors (Lipinski definition) is 0. The SMILES string of the molecule is Cn1c2c(c3ccccc31)-c1c(cc(Br)c[c]1[Zr+2](=[S])[c]1cccc3c1Cc1ccccc1-3)C2.[Cl-].[Cl-]. The van der Waals surface area contributed by atoms with Gasteiger partial charge in [-0.15, -0.1) is 0 Å². The quantitative estimate of drug-likeness (QED) is 0.267. The van der Waals surface area contributed by atoms with Crippen LogP contribution >= 0.6 is 24.8 Å². The average Bonchev–Trinajstić information content (AvgIpc) is 3.48. The smallest absolute Gasteiger partial charge is 1.00 e. The van der Waals surface area contributed by atoms with Crippen LogP contribution in [0.3, 0.4) is 0 Å². The summed E-state index contributed by atoms with van der Waals surface area (Å²) in [6, 6.07) is 29.1. The molecule has 0 atom stereocenters. The maximum Gasteiger partial charge on any atom is -1.00 e. The minimum Gasteiger partial charge on any atom is -1.00 e. The van der Waals surface area contributed by atoms with Gasteiger partial charge in [0.1, 0.15) is 0 Å². The van der Waals surface area contributed by atoms with E-state index in [1.807, 2.05) is 0 Å². The molecule has 0 N–H and O–H groups in total. The summed E-state index contributed by atoms with van der Waals surface area (Å²) < 4.78 is 6.45. The molecule has 2 aliphatic carbocycles. The number of fused-ring (bicyclic) bond motifs is 8. The van der Waals surface area contributed by atoms with Gasteiger partial charge in [0, 0.05) is 0 Å². The summed E-state index contributed by atoms with van der Waals surface area (Å²) in [6.45, 7) is 0. The normalized spacial score (nSPS) is 12.0. The van der Waals surface area contributed by atoms with Crippen LogP contribution in [-0.4, -0.2) is 4.57 Å². The Bertz CT molecular complexity index is 1670. The first-order chi connectivity index (χ1) is 16.1. The van der Waals surface area contributed by atoms with E-state index in [4.69, 9.17) is 8.86 Å². The Labute approximate surface area is 237 Å². The zero-order chi connectivity index (χ0) is 22.3. The van der Waals surface area contributed by atoms with Gasteiger partial charge in [0.25, 0.3) is 0 Å². The van der Waals surface area contributed by atoms with E-state index in [-0.39, 0.29) is 24.8 Å². The van der Waals surface area contributed by atoms with Crippen LogP contribution in [0.5, 0.6) is 0 Å². The van der Waals surface area contributed by atoms with E-state index in [0.717, 1.165) is 17.3 Å². The number of nitrogens with zero attached hydrogens (tertiary/aromatic N) is 1. The minimum absolute atomic E-state index is 0. The van der Waals surface area contributed by atoms with Gasteiger partial charge in [-0.3, -0.25) is 0 Å². The fourth-order valence-electron chi connectivity index (χ4n) is 5.90. The molecule has 2 aliphatic rings. The van der Waals surface area contributed by atoms with Crippen LogP contribution in [0.15, 0.2) is 83.3 Å². The van der Waals surface area contributed by atoms with Crippen molar-refractivity contribution in [2.45, 2.75) is 12.8 Å². The van der Waals surface area contributed by atoms with E-state index in [1.54, 1.807) is 0 Å². The van der Waals surface area contributed by atoms with Crippen LogP contribution < -0.4 is 31.4 Å². The molecule has 5 aromatic rings. The van der Waals surface area contributed by atoms with E-state index in [2.05, 4.69) is 106 Å². The molecule has 0 fully saturated rings. The first-order valence-electron chi connectivity index (χ1n) is 11.3. The summed E-state index contributed by atoms with van der Waals surface area (Å²) >= 11 is 1.24. The largest absolute Gasteiger partial charge is 1.00 e. The van der Waals surface area contributed by atoms with Crippen molar-refractivity contribution in [3.63, 3.8) is 0 Å². The summed E-state index contributed by atoms with van der Waals surface area (Å²) in [5.74, 6) is 0. The molecule has 4 aromatic carbocycles. The molecular weight excluding hydrogens is 636 g/mol. The zero-order valence-corrected chi connectivity index (χ0v) is 25.3. The molecule has 0 aliphatic heterocycles. The Kier molecular flexibility index (Phi) is 6.83. The molecule has 1 nitrogen and oxygen atoms in total. The molecule has 0 saturated heterocycles. The molecule has 0 amide bonds. The van der Waals surface area contributed by atoms with Crippen molar-refractivity contribution in [2.24, 2.45) is 7.05 Å². The van der Waals surface area contributed by atoms with E-state index >= 15 is 0 Å². The molecular formula is C29H20BrCl2NSZr. The van der Waals surface area contributed by atoms with E-state index in [0.29, 0.717) is 0 Å². The van der Waals surface area contributed by atoms with Crippen molar-refractivity contribution in [1.29, 1.82) is 0 Å². The van der Waals surface area contributed by atoms with Crippen molar-refractivity contribution in [1.82, 2.24) is 4.57 Å². The number of benzene rings is 4. The van der Waals surface area contributed by atoms with Gasteiger partial charge in [-0.1, -0.05) is 0 Å². The van der Waals surface area contributed by atoms with Crippen LogP contribution in [0, 0.1) is 0 Å². The maximum atomic E-state index is 6.55.